The summed E-state index contributed by atoms with van der Waals surface area (Å²) in [5, 5.41) is 12.5. The summed E-state index contributed by atoms with van der Waals surface area (Å²) in [5.74, 6) is 3.30. The van der Waals surface area contributed by atoms with Crippen molar-refractivity contribution < 1.29 is 4.79 Å². The third-order valence-corrected chi connectivity index (χ3v) is 7.73. The largest absolute Gasteiger partial charge is 0.352 e. The molecule has 2 saturated carbocycles. The third-order valence-electron chi connectivity index (χ3n) is 6.60. The zero-order valence-corrected chi connectivity index (χ0v) is 18.0. The number of benzene rings is 1. The number of hydrogen-bond donors (Lipinski definition) is 1. The number of aromatic nitrogens is 3. The molecular formula is C22H30N4OS. The highest BCUT2D eigenvalue weighted by atomic mass is 32.2. The molecule has 0 radical (unpaired) electrons. The normalized spacial score (nSPS) is 25.6. The molecule has 5 unspecified atom stereocenters. The molecule has 1 N–H and O–H groups in total. The van der Waals surface area contributed by atoms with Crippen molar-refractivity contribution in [3.63, 3.8) is 0 Å². The van der Waals surface area contributed by atoms with Crippen molar-refractivity contribution in [3.8, 4) is 11.4 Å². The number of rotatable bonds is 6. The van der Waals surface area contributed by atoms with Crippen molar-refractivity contribution >= 4 is 17.7 Å². The molecular weight excluding hydrogens is 368 g/mol. The topological polar surface area (TPSA) is 59.8 Å². The van der Waals surface area contributed by atoms with E-state index in [1.165, 1.54) is 43.0 Å². The molecule has 1 aromatic carbocycles. The maximum atomic E-state index is 12.8. The van der Waals surface area contributed by atoms with Crippen LogP contribution in [-0.2, 0) is 11.8 Å². The second-order valence-corrected chi connectivity index (χ2v) is 9.94. The van der Waals surface area contributed by atoms with Crippen LogP contribution in [-0.4, -0.2) is 32.0 Å². The fourth-order valence-electron chi connectivity index (χ4n) is 4.94. The Morgan fingerprint density at radius 1 is 1.18 bits per heavy atom. The van der Waals surface area contributed by atoms with E-state index in [4.69, 9.17) is 0 Å². The van der Waals surface area contributed by atoms with Gasteiger partial charge in [0.1, 0.15) is 0 Å². The molecule has 2 aromatic rings. The molecule has 0 saturated heterocycles. The van der Waals surface area contributed by atoms with Crippen LogP contribution in [0.5, 0.6) is 0 Å². The predicted octanol–water partition coefficient (Wildman–Crippen LogP) is 4.21. The molecule has 5 atom stereocenters. The molecule has 2 aliphatic carbocycles. The van der Waals surface area contributed by atoms with Crippen molar-refractivity contribution in [1.82, 2.24) is 20.1 Å². The van der Waals surface area contributed by atoms with Crippen molar-refractivity contribution in [2.24, 2.45) is 24.8 Å². The summed E-state index contributed by atoms with van der Waals surface area (Å²) < 4.78 is 1.97. The minimum absolute atomic E-state index is 0.0974. The van der Waals surface area contributed by atoms with Crippen LogP contribution in [0.25, 0.3) is 11.4 Å². The lowest BCUT2D eigenvalue weighted by Gasteiger charge is -2.29. The monoisotopic (exact) mass is 398 g/mol. The molecule has 1 heterocycles. The van der Waals surface area contributed by atoms with Gasteiger partial charge in [0.15, 0.2) is 11.0 Å². The lowest BCUT2D eigenvalue weighted by Crippen LogP contribution is -2.43. The first-order valence-electron chi connectivity index (χ1n) is 10.4. The zero-order chi connectivity index (χ0) is 19.8. The molecule has 6 heteroatoms. The fourth-order valence-corrected chi connectivity index (χ4v) is 5.76. The first kappa shape index (κ1) is 19.5. The molecule has 5 nitrogen and oxygen atoms in total. The smallest absolute Gasteiger partial charge is 0.233 e. The molecule has 4 rings (SSSR count). The number of hydrogen-bond acceptors (Lipinski definition) is 4. The van der Waals surface area contributed by atoms with E-state index in [1.54, 1.807) is 0 Å². The number of nitrogens with zero attached hydrogens (tertiary/aromatic N) is 3. The van der Waals surface area contributed by atoms with Crippen molar-refractivity contribution in [2.45, 2.75) is 62.9 Å². The molecule has 2 fully saturated rings. The van der Waals surface area contributed by atoms with E-state index in [1.807, 2.05) is 18.5 Å². The number of amides is 1. The van der Waals surface area contributed by atoms with E-state index < -0.39 is 0 Å². The van der Waals surface area contributed by atoms with Crippen LogP contribution in [0.2, 0.25) is 0 Å². The van der Waals surface area contributed by atoms with Gasteiger partial charge in [-0.15, -0.1) is 10.2 Å². The van der Waals surface area contributed by atoms with Crippen LogP contribution in [0.3, 0.4) is 0 Å². The quantitative estimate of drug-likeness (QED) is 0.741. The van der Waals surface area contributed by atoms with Gasteiger partial charge in [-0.05, 0) is 57.8 Å². The summed E-state index contributed by atoms with van der Waals surface area (Å²) in [7, 11) is 1.96. The van der Waals surface area contributed by atoms with Gasteiger partial charge in [0.25, 0.3) is 0 Å². The number of nitrogens with one attached hydrogen (secondary N) is 1. The van der Waals surface area contributed by atoms with Gasteiger partial charge < -0.3 is 9.88 Å². The average molecular weight is 399 g/mol. The minimum atomic E-state index is -0.199. The van der Waals surface area contributed by atoms with E-state index in [9.17, 15) is 4.79 Å². The molecule has 1 aromatic heterocycles. The van der Waals surface area contributed by atoms with Gasteiger partial charge in [0.05, 0.1) is 5.25 Å². The highest BCUT2D eigenvalue weighted by molar-refractivity contribution is 8.00. The highest BCUT2D eigenvalue weighted by Gasteiger charge is 2.42. The first-order valence-corrected chi connectivity index (χ1v) is 11.2. The summed E-state index contributed by atoms with van der Waals surface area (Å²) in [4.78, 5) is 12.8. The molecule has 0 spiro atoms. The van der Waals surface area contributed by atoms with Gasteiger partial charge in [-0.3, -0.25) is 4.79 Å². The Hall–Kier alpha value is -1.82. The Balaban J connectivity index is 1.37. The second kappa shape index (κ2) is 7.90. The van der Waals surface area contributed by atoms with Gasteiger partial charge in [-0.2, -0.15) is 0 Å². The molecule has 28 heavy (non-hydrogen) atoms. The maximum absolute atomic E-state index is 12.8. The molecule has 1 amide bonds. The van der Waals surface area contributed by atoms with E-state index in [2.05, 4.69) is 53.6 Å². The SMILES string of the molecule is Cc1ccc(-c2nnc(SC(C)C(=O)NC(C)C3CC4CCC3C4)n2C)cc1. The van der Waals surface area contributed by atoms with Crippen LogP contribution < -0.4 is 5.32 Å². The lowest BCUT2D eigenvalue weighted by atomic mass is 9.84. The third kappa shape index (κ3) is 3.84. The van der Waals surface area contributed by atoms with Crippen molar-refractivity contribution in [2.75, 3.05) is 0 Å². The summed E-state index contributed by atoms with van der Waals surface area (Å²) in [5.41, 5.74) is 2.25. The van der Waals surface area contributed by atoms with Crippen molar-refractivity contribution in [3.05, 3.63) is 29.8 Å². The first-order chi connectivity index (χ1) is 13.4. The van der Waals surface area contributed by atoms with Gasteiger partial charge in [-0.25, -0.2) is 0 Å². The van der Waals surface area contributed by atoms with E-state index in [0.717, 1.165) is 28.4 Å². The highest BCUT2D eigenvalue weighted by Crippen LogP contribution is 2.49. The molecule has 2 bridgehead atoms. The van der Waals surface area contributed by atoms with Crippen LogP contribution in [0.1, 0.15) is 45.1 Å². The van der Waals surface area contributed by atoms with Gasteiger partial charge in [0.2, 0.25) is 5.91 Å². The second-order valence-electron chi connectivity index (χ2n) is 8.63. The van der Waals surface area contributed by atoms with Gasteiger partial charge in [-0.1, -0.05) is 48.0 Å². The molecule has 2 aliphatic rings. The zero-order valence-electron chi connectivity index (χ0n) is 17.2. The number of fused-ring (bicyclic) bond motifs is 2. The lowest BCUT2D eigenvalue weighted by molar-refractivity contribution is -0.121. The van der Waals surface area contributed by atoms with Crippen molar-refractivity contribution in [1.29, 1.82) is 0 Å². The average Bonchev–Trinajstić information content (AvgIpc) is 3.39. The standard InChI is InChI=1S/C22H30N4OS/c1-13-5-8-17(9-6-13)20-24-25-22(26(20)4)28-15(3)21(27)23-14(2)19-12-16-7-10-18(19)11-16/h5-6,8-9,14-16,18-19H,7,10-12H2,1-4H3,(H,23,27). The van der Waals surface area contributed by atoms with Crippen LogP contribution in [0, 0.1) is 24.7 Å². The fraction of sp³-hybridized carbons (Fsp3) is 0.591. The van der Waals surface area contributed by atoms with Gasteiger partial charge in [0, 0.05) is 18.7 Å². The Bertz CT molecular complexity index is 847. The summed E-state index contributed by atoms with van der Waals surface area (Å²) in [6, 6.07) is 8.52. The number of carbonyl (C=O) groups excluding carboxylic acids is 1. The number of carbonyl (C=O) groups is 1. The van der Waals surface area contributed by atoms with Crippen LogP contribution in [0.15, 0.2) is 29.4 Å². The van der Waals surface area contributed by atoms with E-state index >= 15 is 0 Å². The summed E-state index contributed by atoms with van der Waals surface area (Å²) in [6.07, 6.45) is 5.40. The molecule has 0 aliphatic heterocycles. The Morgan fingerprint density at radius 2 is 1.93 bits per heavy atom. The van der Waals surface area contributed by atoms with E-state index in [0.29, 0.717) is 5.92 Å². The van der Waals surface area contributed by atoms with E-state index in [-0.39, 0.29) is 17.2 Å². The maximum Gasteiger partial charge on any atom is 0.233 e. The number of thioether (sulfide) groups is 1. The van der Waals surface area contributed by atoms with Gasteiger partial charge >= 0.3 is 0 Å². The molecule has 150 valence electrons. The van der Waals surface area contributed by atoms with Crippen LogP contribution in [0.4, 0.5) is 0 Å². The Kier molecular flexibility index (Phi) is 5.50. The number of aryl methyl sites for hydroxylation is 1. The Morgan fingerprint density at radius 3 is 2.57 bits per heavy atom. The Labute approximate surface area is 171 Å². The minimum Gasteiger partial charge on any atom is -0.352 e. The van der Waals surface area contributed by atoms with Crippen LogP contribution >= 0.6 is 11.8 Å². The summed E-state index contributed by atoms with van der Waals surface area (Å²) in [6.45, 7) is 6.20. The predicted molar refractivity (Wildman–Crippen MR) is 113 cm³/mol. The summed E-state index contributed by atoms with van der Waals surface area (Å²) >= 11 is 1.47.